The van der Waals surface area contributed by atoms with Crippen LogP contribution in [0.1, 0.15) is 34.8 Å². The number of nitrogens with one attached hydrogen (secondary N) is 1. The van der Waals surface area contributed by atoms with Gasteiger partial charge in [-0.2, -0.15) is 0 Å². The van der Waals surface area contributed by atoms with Gasteiger partial charge in [-0.1, -0.05) is 55.1 Å². The molecule has 2 heterocycles. The number of hydrogen-bond acceptors (Lipinski definition) is 3. The quantitative estimate of drug-likeness (QED) is 0.874. The van der Waals surface area contributed by atoms with E-state index in [-0.39, 0.29) is 17.9 Å². The Bertz CT molecular complexity index is 874. The van der Waals surface area contributed by atoms with Crippen LogP contribution in [0.4, 0.5) is 0 Å². The molecule has 0 bridgehead atoms. The highest BCUT2D eigenvalue weighted by atomic mass is 16.2. The Morgan fingerprint density at radius 1 is 1.14 bits per heavy atom. The predicted molar refractivity (Wildman–Crippen MR) is 109 cm³/mol. The van der Waals surface area contributed by atoms with Gasteiger partial charge in [0.05, 0.1) is 0 Å². The zero-order valence-corrected chi connectivity index (χ0v) is 16.1. The Labute approximate surface area is 165 Å². The van der Waals surface area contributed by atoms with Gasteiger partial charge in [0.25, 0.3) is 5.91 Å². The van der Waals surface area contributed by atoms with Crippen LogP contribution < -0.4 is 5.32 Å². The Morgan fingerprint density at radius 3 is 2.54 bits per heavy atom. The number of likely N-dealkylation sites (tertiary alicyclic amines) is 1. The van der Waals surface area contributed by atoms with Gasteiger partial charge >= 0.3 is 0 Å². The van der Waals surface area contributed by atoms with Crippen molar-refractivity contribution < 1.29 is 9.59 Å². The first-order valence-corrected chi connectivity index (χ1v) is 9.73. The molecule has 2 aliphatic heterocycles. The minimum Gasteiger partial charge on any atom is -0.350 e. The van der Waals surface area contributed by atoms with E-state index in [9.17, 15) is 9.59 Å². The number of amides is 2. The van der Waals surface area contributed by atoms with Gasteiger partial charge in [-0.3, -0.25) is 19.4 Å². The van der Waals surface area contributed by atoms with Gasteiger partial charge in [-0.15, -0.1) is 0 Å². The summed E-state index contributed by atoms with van der Waals surface area (Å²) in [6, 6.07) is 17.2. The third-order valence-electron chi connectivity index (χ3n) is 5.61. The molecule has 1 fully saturated rings. The fourth-order valence-electron chi connectivity index (χ4n) is 4.09. The van der Waals surface area contributed by atoms with E-state index >= 15 is 0 Å². The van der Waals surface area contributed by atoms with E-state index in [1.165, 1.54) is 10.5 Å². The van der Waals surface area contributed by atoms with E-state index < -0.39 is 6.04 Å². The molecule has 0 unspecified atom stereocenters. The Kier molecular flexibility index (Phi) is 5.01. The van der Waals surface area contributed by atoms with Crippen molar-refractivity contribution in [1.29, 1.82) is 0 Å². The maximum absolute atomic E-state index is 12.8. The second-order valence-corrected chi connectivity index (χ2v) is 7.56. The molecule has 2 aliphatic rings. The molecule has 0 saturated carbocycles. The molecule has 0 radical (unpaired) electrons. The fraction of sp³-hybridized carbons (Fsp3) is 0.304. The molecular weight excluding hydrogens is 350 g/mol. The summed E-state index contributed by atoms with van der Waals surface area (Å²) in [5.74, 6) is -0.283. The van der Waals surface area contributed by atoms with Crippen molar-refractivity contribution in [3.8, 4) is 0 Å². The van der Waals surface area contributed by atoms with Crippen molar-refractivity contribution in [2.24, 2.45) is 0 Å². The molecule has 4 rings (SSSR count). The van der Waals surface area contributed by atoms with E-state index in [1.54, 1.807) is 13.0 Å². The van der Waals surface area contributed by atoms with Crippen LogP contribution in [0.15, 0.2) is 61.2 Å². The first-order valence-electron chi connectivity index (χ1n) is 9.73. The number of carbonyl (C=O) groups excluding carboxylic acids is 2. The van der Waals surface area contributed by atoms with Crippen LogP contribution in [-0.4, -0.2) is 46.8 Å². The molecule has 1 saturated heterocycles. The Morgan fingerprint density at radius 2 is 1.82 bits per heavy atom. The molecule has 144 valence electrons. The lowest BCUT2D eigenvalue weighted by Crippen LogP contribution is -2.48. The first-order chi connectivity index (χ1) is 13.5. The molecule has 5 heteroatoms. The molecule has 0 aromatic heterocycles. The maximum Gasteiger partial charge on any atom is 0.259 e. The molecule has 28 heavy (non-hydrogen) atoms. The summed E-state index contributed by atoms with van der Waals surface area (Å²) in [7, 11) is 0. The molecule has 2 amide bonds. The van der Waals surface area contributed by atoms with Gasteiger partial charge in [-0.05, 0) is 25.0 Å². The third kappa shape index (κ3) is 3.45. The average molecular weight is 375 g/mol. The number of benzene rings is 2. The van der Waals surface area contributed by atoms with Crippen molar-refractivity contribution in [2.45, 2.75) is 32.0 Å². The zero-order valence-electron chi connectivity index (χ0n) is 16.1. The SMILES string of the molecule is C=C1c2ccccc2C(=O)N1[C@H](C)C(=O)N[C@@H]1CCN(Cc2ccccc2)C1. The largest absolute Gasteiger partial charge is 0.350 e. The van der Waals surface area contributed by atoms with Gasteiger partial charge in [-0.25, -0.2) is 0 Å². The highest BCUT2D eigenvalue weighted by Crippen LogP contribution is 2.32. The molecule has 1 N–H and O–H groups in total. The minimum absolute atomic E-state index is 0.104. The standard InChI is InChI=1S/C23H25N3O2/c1-16-20-10-6-7-11-21(20)23(28)26(16)17(2)22(27)24-19-12-13-25(15-19)14-18-8-4-3-5-9-18/h3-11,17,19H,1,12-15H2,2H3,(H,24,27)/t17-,19-/m1/s1. The van der Waals surface area contributed by atoms with Crippen molar-refractivity contribution >= 4 is 17.5 Å². The highest BCUT2D eigenvalue weighted by Gasteiger charge is 2.37. The van der Waals surface area contributed by atoms with Crippen molar-refractivity contribution in [2.75, 3.05) is 13.1 Å². The molecule has 2 atom stereocenters. The lowest BCUT2D eigenvalue weighted by molar-refractivity contribution is -0.124. The molecule has 2 aromatic rings. The number of nitrogens with zero attached hydrogens (tertiary/aromatic N) is 2. The average Bonchev–Trinajstić information content (AvgIpc) is 3.24. The molecular formula is C23H25N3O2. The normalized spacial score (nSPS) is 20.3. The van der Waals surface area contributed by atoms with Gasteiger partial charge in [0, 0.05) is 42.5 Å². The van der Waals surface area contributed by atoms with Crippen LogP contribution in [0, 0.1) is 0 Å². The van der Waals surface area contributed by atoms with Crippen LogP contribution in [0.3, 0.4) is 0 Å². The monoisotopic (exact) mass is 375 g/mol. The third-order valence-corrected chi connectivity index (χ3v) is 5.61. The van der Waals surface area contributed by atoms with E-state index in [1.807, 2.05) is 36.4 Å². The maximum atomic E-state index is 12.8. The van der Waals surface area contributed by atoms with Crippen molar-refractivity contribution in [3.63, 3.8) is 0 Å². The number of hydrogen-bond donors (Lipinski definition) is 1. The van der Waals surface area contributed by atoms with Crippen LogP contribution in [0.5, 0.6) is 0 Å². The molecule has 5 nitrogen and oxygen atoms in total. The van der Waals surface area contributed by atoms with Crippen LogP contribution in [0.2, 0.25) is 0 Å². The number of carbonyl (C=O) groups is 2. The van der Waals surface area contributed by atoms with E-state index in [0.717, 1.165) is 31.6 Å². The lowest BCUT2D eigenvalue weighted by atomic mass is 10.1. The smallest absolute Gasteiger partial charge is 0.259 e. The molecule has 2 aromatic carbocycles. The second-order valence-electron chi connectivity index (χ2n) is 7.56. The van der Waals surface area contributed by atoms with E-state index in [0.29, 0.717) is 11.3 Å². The second kappa shape index (κ2) is 7.60. The van der Waals surface area contributed by atoms with E-state index in [4.69, 9.17) is 0 Å². The summed E-state index contributed by atoms with van der Waals surface area (Å²) < 4.78 is 0. The van der Waals surface area contributed by atoms with Crippen LogP contribution in [0.25, 0.3) is 5.70 Å². The number of rotatable bonds is 5. The summed E-state index contributed by atoms with van der Waals surface area (Å²) in [6.07, 6.45) is 0.917. The molecule has 0 aliphatic carbocycles. The van der Waals surface area contributed by atoms with E-state index in [2.05, 4.69) is 28.9 Å². The Balaban J connectivity index is 1.36. The van der Waals surface area contributed by atoms with Crippen molar-refractivity contribution in [3.05, 3.63) is 77.9 Å². The topological polar surface area (TPSA) is 52.7 Å². The van der Waals surface area contributed by atoms with Crippen LogP contribution in [-0.2, 0) is 11.3 Å². The summed E-state index contributed by atoms with van der Waals surface area (Å²) >= 11 is 0. The molecule has 0 spiro atoms. The Hall–Kier alpha value is -2.92. The van der Waals surface area contributed by atoms with Crippen molar-refractivity contribution in [1.82, 2.24) is 15.1 Å². The summed E-state index contributed by atoms with van der Waals surface area (Å²) in [4.78, 5) is 29.4. The zero-order chi connectivity index (χ0) is 19.7. The predicted octanol–water partition coefficient (Wildman–Crippen LogP) is 2.89. The van der Waals surface area contributed by atoms with Gasteiger partial charge in [0.1, 0.15) is 6.04 Å². The lowest BCUT2D eigenvalue weighted by Gasteiger charge is -2.26. The van der Waals surface area contributed by atoms with Gasteiger partial charge < -0.3 is 5.32 Å². The van der Waals surface area contributed by atoms with Crippen LogP contribution >= 0.6 is 0 Å². The number of fused-ring (bicyclic) bond motifs is 1. The highest BCUT2D eigenvalue weighted by molar-refractivity contribution is 6.10. The van der Waals surface area contributed by atoms with Gasteiger partial charge in [0.2, 0.25) is 5.91 Å². The van der Waals surface area contributed by atoms with Gasteiger partial charge in [0.15, 0.2) is 0 Å². The summed E-state index contributed by atoms with van der Waals surface area (Å²) in [6.45, 7) is 8.47. The minimum atomic E-state index is -0.587. The summed E-state index contributed by atoms with van der Waals surface area (Å²) in [5, 5.41) is 3.12. The summed E-state index contributed by atoms with van der Waals surface area (Å²) in [5.41, 5.74) is 3.30. The first kappa shape index (κ1) is 18.4. The fourth-order valence-corrected chi connectivity index (χ4v) is 4.09.